The second-order valence-electron chi connectivity index (χ2n) is 6.61. The number of fused-ring (bicyclic) bond motifs is 2. The number of Topliss-reactive ketones (excluding diaryl/α,β-unsaturated/α-hetero) is 1. The van der Waals surface area contributed by atoms with E-state index in [9.17, 15) is 4.79 Å². The Morgan fingerprint density at radius 1 is 0.933 bits per heavy atom. The maximum atomic E-state index is 13.1. The molecule has 3 aromatic rings. The molecular formula is C24H18N2O2SU. The summed E-state index contributed by atoms with van der Waals surface area (Å²) in [5.74, 6) is 1.44. The van der Waals surface area contributed by atoms with Crippen LogP contribution in [0.4, 0.5) is 0 Å². The first-order chi connectivity index (χ1) is 13.7. The fourth-order valence-electron chi connectivity index (χ4n) is 3.65. The number of benzene rings is 3. The Balaban J connectivity index is 0.00000128. The molecule has 0 aromatic heterocycles. The second kappa shape index (κ2) is 9.18. The Hall–Kier alpha value is -2.39. The Labute approximate surface area is 205 Å². The van der Waals surface area contributed by atoms with Crippen molar-refractivity contribution in [2.45, 2.75) is 6.04 Å². The van der Waals surface area contributed by atoms with Crippen LogP contribution in [0.1, 0.15) is 27.5 Å². The molecule has 6 heteroatoms. The van der Waals surface area contributed by atoms with E-state index in [1.165, 1.54) is 0 Å². The van der Waals surface area contributed by atoms with Gasteiger partial charge in [-0.05, 0) is 29.9 Å². The minimum atomic E-state index is -0.337. The minimum absolute atomic E-state index is 0. The molecule has 5 rings (SSSR count). The Bertz CT molecular complexity index is 1140. The Morgan fingerprint density at radius 3 is 2.43 bits per heavy atom. The topological polar surface area (TPSA) is 50.4 Å². The SMILES string of the molecule is O=C1C2=C(NC(=S)NC2c2cccc(Oc3cc[c-]cc3)c2)c2ccccc21.[CH3-].[U+2]. The van der Waals surface area contributed by atoms with Gasteiger partial charge in [-0.25, -0.2) is 0 Å². The average molecular weight is 637 g/mol. The van der Waals surface area contributed by atoms with Gasteiger partial charge in [0, 0.05) is 16.9 Å². The van der Waals surface area contributed by atoms with Crippen LogP contribution in [0.25, 0.3) is 5.70 Å². The monoisotopic (exact) mass is 636 g/mol. The molecule has 1 heterocycles. The molecule has 2 aliphatic rings. The molecule has 1 atom stereocenters. The van der Waals surface area contributed by atoms with Gasteiger partial charge in [0.15, 0.2) is 10.9 Å². The first-order valence-electron chi connectivity index (χ1n) is 8.90. The third-order valence-corrected chi connectivity index (χ3v) is 5.09. The zero-order chi connectivity index (χ0) is 19.1. The summed E-state index contributed by atoms with van der Waals surface area (Å²) in [4.78, 5) is 13.1. The molecule has 2 N–H and O–H groups in total. The fraction of sp³-hybridized carbons (Fsp3) is 0.0417. The van der Waals surface area contributed by atoms with Crippen LogP contribution in [-0.4, -0.2) is 10.9 Å². The standard InChI is InChI=1S/C23H15N2O2S.CH3.U/c26-22-18-12-5-4-11-17(18)21-19(22)20(24-23(28)25-21)14-7-6-10-16(13-14)27-15-8-2-1-3-9-15;;/h2-13,20H,(H2,24,25,28);1H3;/q2*-1;+2. The summed E-state index contributed by atoms with van der Waals surface area (Å²) in [6.07, 6.45) is 0. The van der Waals surface area contributed by atoms with Gasteiger partial charge in [-0.3, -0.25) is 4.79 Å². The summed E-state index contributed by atoms with van der Waals surface area (Å²) in [5.41, 5.74) is 3.98. The van der Waals surface area contributed by atoms with Crippen molar-refractivity contribution in [3.63, 3.8) is 0 Å². The molecule has 0 bridgehead atoms. The van der Waals surface area contributed by atoms with Crippen molar-refractivity contribution in [2.24, 2.45) is 0 Å². The molecule has 0 amide bonds. The van der Waals surface area contributed by atoms with E-state index in [2.05, 4.69) is 16.7 Å². The number of nitrogens with one attached hydrogen (secondary N) is 2. The van der Waals surface area contributed by atoms with Gasteiger partial charge in [-0.2, -0.15) is 18.2 Å². The molecular weight excluding hydrogens is 618 g/mol. The summed E-state index contributed by atoms with van der Waals surface area (Å²) in [7, 11) is 0. The minimum Gasteiger partial charge on any atom is -0.483 e. The number of rotatable bonds is 3. The number of carbonyl (C=O) groups is 1. The van der Waals surface area contributed by atoms with Crippen molar-refractivity contribution >= 4 is 28.8 Å². The van der Waals surface area contributed by atoms with Gasteiger partial charge >= 0.3 is 31.1 Å². The quantitative estimate of drug-likeness (QED) is 0.318. The van der Waals surface area contributed by atoms with Crippen molar-refractivity contribution in [1.82, 2.24) is 10.6 Å². The maximum Gasteiger partial charge on any atom is 2.00 e. The third-order valence-electron chi connectivity index (χ3n) is 4.87. The van der Waals surface area contributed by atoms with Crippen molar-refractivity contribution in [3.8, 4) is 11.5 Å². The number of hydrogen-bond donors (Lipinski definition) is 2. The van der Waals surface area contributed by atoms with E-state index in [1.54, 1.807) is 12.1 Å². The van der Waals surface area contributed by atoms with Crippen LogP contribution in [0, 0.1) is 44.6 Å². The van der Waals surface area contributed by atoms with Crippen molar-refractivity contribution in [1.29, 1.82) is 0 Å². The molecule has 3 aromatic carbocycles. The predicted octanol–water partition coefficient (Wildman–Crippen LogP) is 4.86. The fourth-order valence-corrected chi connectivity index (χ4v) is 3.87. The average Bonchev–Trinajstić information content (AvgIpc) is 3.01. The summed E-state index contributed by atoms with van der Waals surface area (Å²) in [6.45, 7) is 0. The van der Waals surface area contributed by atoms with E-state index >= 15 is 0 Å². The van der Waals surface area contributed by atoms with Crippen molar-refractivity contribution in [2.75, 3.05) is 0 Å². The Morgan fingerprint density at radius 2 is 1.67 bits per heavy atom. The molecule has 0 saturated heterocycles. The van der Waals surface area contributed by atoms with Crippen LogP contribution in [0.2, 0.25) is 0 Å². The van der Waals surface area contributed by atoms with E-state index in [1.807, 2.05) is 60.7 Å². The molecule has 1 unspecified atom stereocenters. The van der Waals surface area contributed by atoms with E-state index < -0.39 is 0 Å². The van der Waals surface area contributed by atoms with E-state index in [0.29, 0.717) is 22.0 Å². The van der Waals surface area contributed by atoms with Gasteiger partial charge in [0.2, 0.25) is 0 Å². The Kier molecular flexibility index (Phi) is 6.82. The van der Waals surface area contributed by atoms with Crippen LogP contribution < -0.4 is 15.4 Å². The number of thiocarbonyl (C=S) groups is 1. The molecule has 1 aliphatic carbocycles. The largest absolute Gasteiger partial charge is 2.00 e. The van der Waals surface area contributed by atoms with Crippen LogP contribution in [0.3, 0.4) is 0 Å². The zero-order valence-electron chi connectivity index (χ0n) is 16.2. The molecule has 0 fully saturated rings. The van der Waals surface area contributed by atoms with Gasteiger partial charge in [0.1, 0.15) is 5.75 Å². The van der Waals surface area contributed by atoms with Crippen molar-refractivity contribution < 1.29 is 40.6 Å². The summed E-state index contributed by atoms with van der Waals surface area (Å²) >= 11 is 5.41. The molecule has 0 saturated carbocycles. The normalized spacial score (nSPS) is 16.3. The first-order valence-corrected chi connectivity index (χ1v) is 9.31. The summed E-state index contributed by atoms with van der Waals surface area (Å²) < 4.78 is 5.94. The smallest absolute Gasteiger partial charge is 0.483 e. The van der Waals surface area contributed by atoms with Crippen molar-refractivity contribution in [3.05, 3.63) is 109 Å². The van der Waals surface area contributed by atoms with Gasteiger partial charge in [-0.1, -0.05) is 36.4 Å². The third kappa shape index (κ3) is 3.96. The molecule has 1 aliphatic heterocycles. The predicted molar refractivity (Wildman–Crippen MR) is 118 cm³/mol. The van der Waals surface area contributed by atoms with Gasteiger partial charge in [0.25, 0.3) is 0 Å². The molecule has 30 heavy (non-hydrogen) atoms. The number of ether oxygens (including phenoxy) is 1. The van der Waals surface area contributed by atoms with Crippen LogP contribution in [0.15, 0.2) is 78.4 Å². The number of carbonyl (C=O) groups excluding carboxylic acids is 1. The molecule has 0 radical (unpaired) electrons. The number of ketones is 1. The summed E-state index contributed by atoms with van der Waals surface area (Å²) in [5, 5.41) is 6.90. The van der Waals surface area contributed by atoms with E-state index in [0.717, 1.165) is 22.6 Å². The van der Waals surface area contributed by atoms with Crippen LogP contribution in [0.5, 0.6) is 11.5 Å². The first kappa shape index (κ1) is 22.3. The van der Waals surface area contributed by atoms with Gasteiger partial charge in [0.05, 0.1) is 17.3 Å². The maximum absolute atomic E-state index is 13.1. The molecule has 146 valence electrons. The van der Waals surface area contributed by atoms with Gasteiger partial charge in [-0.15, -0.1) is 12.1 Å². The van der Waals surface area contributed by atoms with E-state index in [-0.39, 0.29) is 50.4 Å². The summed E-state index contributed by atoms with van der Waals surface area (Å²) in [6, 6.07) is 25.2. The van der Waals surface area contributed by atoms with Crippen LogP contribution in [-0.2, 0) is 0 Å². The molecule has 4 nitrogen and oxygen atoms in total. The van der Waals surface area contributed by atoms with E-state index in [4.69, 9.17) is 17.0 Å². The zero-order valence-corrected chi connectivity index (χ0v) is 21.2. The molecule has 0 spiro atoms. The number of hydrogen-bond acceptors (Lipinski definition) is 3. The van der Waals surface area contributed by atoms with Gasteiger partial charge < -0.3 is 22.8 Å². The van der Waals surface area contributed by atoms with Crippen LogP contribution >= 0.6 is 12.2 Å². The second-order valence-corrected chi connectivity index (χ2v) is 7.01.